The van der Waals surface area contributed by atoms with Crippen LogP contribution in [0, 0.1) is 5.82 Å². The predicted molar refractivity (Wildman–Crippen MR) is 114 cm³/mol. The summed E-state index contributed by atoms with van der Waals surface area (Å²) >= 11 is 0. The smallest absolute Gasteiger partial charge is 0.262 e. The van der Waals surface area contributed by atoms with E-state index in [1.165, 1.54) is 19.2 Å². The normalized spacial score (nSPS) is 15.1. The Morgan fingerprint density at radius 1 is 1.10 bits per heavy atom. The van der Waals surface area contributed by atoms with Gasteiger partial charge in [0.05, 0.1) is 12.7 Å². The number of nitrogens with one attached hydrogen (secondary N) is 1. The number of fused-ring (bicyclic) bond motifs is 1. The highest BCUT2D eigenvalue weighted by molar-refractivity contribution is 6.12. The van der Waals surface area contributed by atoms with Crippen molar-refractivity contribution in [3.05, 3.63) is 83.7 Å². The van der Waals surface area contributed by atoms with Crippen LogP contribution in [0.1, 0.15) is 22.1 Å². The molecule has 3 aromatic rings. The SMILES string of the molecule is COc1cc([C@H]2Nc3ccccc3C(=O)N2c2ccc(F)cc2)ccc1OCC(N)=O. The van der Waals surface area contributed by atoms with Crippen molar-refractivity contribution in [2.45, 2.75) is 6.17 Å². The van der Waals surface area contributed by atoms with Gasteiger partial charge in [-0.1, -0.05) is 18.2 Å². The van der Waals surface area contributed by atoms with Gasteiger partial charge in [-0.25, -0.2) is 4.39 Å². The Morgan fingerprint density at radius 2 is 1.84 bits per heavy atom. The number of hydrogen-bond acceptors (Lipinski definition) is 5. The highest BCUT2D eigenvalue weighted by Crippen LogP contribution is 2.39. The fourth-order valence-electron chi connectivity index (χ4n) is 3.48. The maximum atomic E-state index is 13.5. The van der Waals surface area contributed by atoms with Crippen LogP contribution in [0.3, 0.4) is 0 Å². The third-order valence-corrected chi connectivity index (χ3v) is 4.90. The van der Waals surface area contributed by atoms with Crippen molar-refractivity contribution in [1.82, 2.24) is 0 Å². The number of nitrogens with two attached hydrogens (primary N) is 1. The Balaban J connectivity index is 1.77. The second-order valence-electron chi connectivity index (χ2n) is 6.91. The second-order valence-corrected chi connectivity index (χ2v) is 6.91. The summed E-state index contributed by atoms with van der Waals surface area (Å²) < 4.78 is 24.3. The van der Waals surface area contributed by atoms with E-state index >= 15 is 0 Å². The summed E-state index contributed by atoms with van der Waals surface area (Å²) in [4.78, 5) is 26.0. The number of primary amides is 1. The van der Waals surface area contributed by atoms with Crippen LogP contribution in [-0.2, 0) is 4.79 Å². The predicted octanol–water partition coefficient (Wildman–Crippen LogP) is 3.47. The first kappa shape index (κ1) is 20.2. The van der Waals surface area contributed by atoms with E-state index in [-0.39, 0.29) is 12.5 Å². The van der Waals surface area contributed by atoms with E-state index in [4.69, 9.17) is 15.2 Å². The molecule has 0 spiro atoms. The van der Waals surface area contributed by atoms with Crippen LogP contribution in [-0.4, -0.2) is 25.5 Å². The third kappa shape index (κ3) is 4.00. The molecule has 1 heterocycles. The van der Waals surface area contributed by atoms with E-state index in [0.29, 0.717) is 34.0 Å². The van der Waals surface area contributed by atoms with Gasteiger partial charge < -0.3 is 20.5 Å². The molecule has 0 unspecified atom stereocenters. The van der Waals surface area contributed by atoms with E-state index in [1.54, 1.807) is 47.4 Å². The number of nitrogens with zero attached hydrogens (tertiary/aromatic N) is 1. The highest BCUT2D eigenvalue weighted by Gasteiger charge is 2.34. The van der Waals surface area contributed by atoms with Gasteiger partial charge in [-0.2, -0.15) is 0 Å². The van der Waals surface area contributed by atoms with Crippen LogP contribution >= 0.6 is 0 Å². The molecule has 4 rings (SSSR count). The van der Waals surface area contributed by atoms with Gasteiger partial charge in [-0.15, -0.1) is 0 Å². The van der Waals surface area contributed by atoms with Gasteiger partial charge in [0.25, 0.3) is 11.8 Å². The van der Waals surface area contributed by atoms with Crippen molar-refractivity contribution < 1.29 is 23.5 Å². The highest BCUT2D eigenvalue weighted by atomic mass is 19.1. The lowest BCUT2D eigenvalue weighted by atomic mass is 10.0. The summed E-state index contributed by atoms with van der Waals surface area (Å²) in [7, 11) is 1.47. The third-order valence-electron chi connectivity index (χ3n) is 4.90. The van der Waals surface area contributed by atoms with Crippen molar-refractivity contribution in [3.8, 4) is 11.5 Å². The average molecular weight is 421 g/mol. The van der Waals surface area contributed by atoms with Crippen molar-refractivity contribution >= 4 is 23.2 Å². The van der Waals surface area contributed by atoms with Crippen LogP contribution in [0.15, 0.2) is 66.7 Å². The Bertz CT molecular complexity index is 1130. The minimum Gasteiger partial charge on any atom is -0.493 e. The Morgan fingerprint density at radius 3 is 2.55 bits per heavy atom. The molecule has 0 bridgehead atoms. The zero-order chi connectivity index (χ0) is 22.0. The summed E-state index contributed by atoms with van der Waals surface area (Å²) in [6.45, 7) is -0.287. The summed E-state index contributed by atoms with van der Waals surface area (Å²) in [6, 6.07) is 18.0. The molecule has 31 heavy (non-hydrogen) atoms. The molecule has 0 aromatic heterocycles. The molecule has 158 valence electrons. The first-order valence-electron chi connectivity index (χ1n) is 9.51. The molecular weight excluding hydrogens is 401 g/mol. The molecule has 0 saturated heterocycles. The number of hydrogen-bond donors (Lipinski definition) is 2. The van der Waals surface area contributed by atoms with Crippen molar-refractivity contribution in [1.29, 1.82) is 0 Å². The second kappa shape index (κ2) is 8.35. The molecular formula is C23H20FN3O4. The average Bonchev–Trinajstić information content (AvgIpc) is 2.78. The lowest BCUT2D eigenvalue weighted by Gasteiger charge is -2.38. The maximum absolute atomic E-state index is 13.5. The molecule has 3 aromatic carbocycles. The van der Waals surface area contributed by atoms with Gasteiger partial charge in [-0.05, 0) is 54.1 Å². The largest absolute Gasteiger partial charge is 0.493 e. The fraction of sp³-hybridized carbons (Fsp3) is 0.130. The van der Waals surface area contributed by atoms with Crippen molar-refractivity contribution in [2.75, 3.05) is 23.9 Å². The number of carbonyl (C=O) groups is 2. The van der Waals surface area contributed by atoms with Gasteiger partial charge in [-0.3, -0.25) is 14.5 Å². The summed E-state index contributed by atoms with van der Waals surface area (Å²) in [5.41, 5.74) is 7.58. The quantitative estimate of drug-likeness (QED) is 0.636. The number of rotatable bonds is 6. The number of methoxy groups -OCH3 is 1. The van der Waals surface area contributed by atoms with Crippen LogP contribution < -0.4 is 25.4 Å². The van der Waals surface area contributed by atoms with Crippen LogP contribution in [0.25, 0.3) is 0 Å². The zero-order valence-corrected chi connectivity index (χ0v) is 16.7. The molecule has 0 saturated carbocycles. The van der Waals surface area contributed by atoms with Gasteiger partial charge in [0, 0.05) is 11.4 Å². The standard InChI is InChI=1S/C23H20FN3O4/c1-30-20-12-14(6-11-19(20)31-13-21(25)28)22-26-18-5-3-2-4-17(18)23(29)27(22)16-9-7-15(24)8-10-16/h2-12,22,26H,13H2,1H3,(H2,25,28)/t22-/m0/s1. The van der Waals surface area contributed by atoms with Gasteiger partial charge in [0.15, 0.2) is 18.1 Å². The van der Waals surface area contributed by atoms with E-state index in [9.17, 15) is 14.0 Å². The van der Waals surface area contributed by atoms with E-state index in [2.05, 4.69) is 5.32 Å². The number of para-hydroxylation sites is 1. The monoisotopic (exact) mass is 421 g/mol. The number of ether oxygens (including phenoxy) is 2. The molecule has 7 nitrogen and oxygen atoms in total. The molecule has 0 fully saturated rings. The Labute approximate surface area is 178 Å². The molecule has 1 aliphatic rings. The molecule has 0 aliphatic carbocycles. The topological polar surface area (TPSA) is 93.9 Å². The van der Waals surface area contributed by atoms with Gasteiger partial charge in [0.2, 0.25) is 0 Å². The maximum Gasteiger partial charge on any atom is 0.262 e. The number of anilines is 2. The summed E-state index contributed by atoms with van der Waals surface area (Å²) in [6.07, 6.45) is -0.591. The van der Waals surface area contributed by atoms with E-state index in [1.807, 2.05) is 12.1 Å². The molecule has 8 heteroatoms. The summed E-state index contributed by atoms with van der Waals surface area (Å²) in [5.74, 6) is -0.494. The van der Waals surface area contributed by atoms with Crippen LogP contribution in [0.4, 0.5) is 15.8 Å². The molecule has 1 atom stereocenters. The fourth-order valence-corrected chi connectivity index (χ4v) is 3.48. The van der Waals surface area contributed by atoms with Crippen molar-refractivity contribution in [3.63, 3.8) is 0 Å². The molecule has 3 N–H and O–H groups in total. The minimum atomic E-state index is -0.607. The number of halogens is 1. The lowest BCUT2D eigenvalue weighted by molar-refractivity contribution is -0.119. The first-order valence-corrected chi connectivity index (χ1v) is 9.51. The minimum absolute atomic E-state index is 0.223. The number of amides is 2. The van der Waals surface area contributed by atoms with Crippen molar-refractivity contribution in [2.24, 2.45) is 5.73 Å². The summed E-state index contributed by atoms with van der Waals surface area (Å²) in [5, 5.41) is 3.37. The number of benzene rings is 3. The van der Waals surface area contributed by atoms with Gasteiger partial charge in [0.1, 0.15) is 12.0 Å². The first-order chi connectivity index (χ1) is 15.0. The van der Waals surface area contributed by atoms with Gasteiger partial charge >= 0.3 is 0 Å². The molecule has 0 radical (unpaired) electrons. The zero-order valence-electron chi connectivity index (χ0n) is 16.7. The molecule has 1 aliphatic heterocycles. The Hall–Kier alpha value is -4.07. The van der Waals surface area contributed by atoms with Crippen LogP contribution in [0.5, 0.6) is 11.5 Å². The van der Waals surface area contributed by atoms with E-state index < -0.39 is 17.9 Å². The van der Waals surface area contributed by atoms with Crippen LogP contribution in [0.2, 0.25) is 0 Å². The Kier molecular flexibility index (Phi) is 5.44. The lowest BCUT2D eigenvalue weighted by Crippen LogP contribution is -2.43. The van der Waals surface area contributed by atoms with E-state index in [0.717, 1.165) is 0 Å². The number of carbonyl (C=O) groups excluding carboxylic acids is 2. The molecule has 2 amide bonds.